The van der Waals surface area contributed by atoms with Crippen LogP contribution in [0.25, 0.3) is 0 Å². The summed E-state index contributed by atoms with van der Waals surface area (Å²) in [5.74, 6) is -1.90. The molecule has 1 atom stereocenters. The molecule has 156 valence electrons. The van der Waals surface area contributed by atoms with E-state index in [-0.39, 0.29) is 17.8 Å². The molecule has 3 aromatic rings. The van der Waals surface area contributed by atoms with E-state index >= 15 is 0 Å². The average molecular weight is 415 g/mol. The van der Waals surface area contributed by atoms with Crippen molar-refractivity contribution in [3.05, 3.63) is 113 Å². The molecule has 3 aromatic carbocycles. The van der Waals surface area contributed by atoms with Crippen LogP contribution >= 0.6 is 0 Å². The highest BCUT2D eigenvalue weighted by molar-refractivity contribution is 6.16. The molecule has 4 nitrogen and oxygen atoms in total. The summed E-state index contributed by atoms with van der Waals surface area (Å²) in [7, 11) is 0. The Labute approximate surface area is 180 Å². The minimum absolute atomic E-state index is 0.0517. The second-order valence-electron chi connectivity index (χ2n) is 7.59. The Bertz CT molecular complexity index is 1150. The molecular formula is C26H22FNO3. The molecule has 0 bridgehead atoms. The van der Waals surface area contributed by atoms with Crippen molar-refractivity contribution in [1.82, 2.24) is 0 Å². The number of carbonyl (C=O) groups excluding carboxylic acids is 2. The number of aryl methyl sites for hydroxylation is 2. The molecule has 1 aliphatic heterocycles. The molecular weight excluding hydrogens is 393 g/mol. The summed E-state index contributed by atoms with van der Waals surface area (Å²) in [6.07, 6.45) is 0.640. The van der Waals surface area contributed by atoms with Crippen LogP contribution < -0.4 is 4.90 Å². The van der Waals surface area contributed by atoms with Crippen molar-refractivity contribution >= 4 is 17.4 Å². The number of rotatable bonds is 6. The Morgan fingerprint density at radius 2 is 1.61 bits per heavy atom. The summed E-state index contributed by atoms with van der Waals surface area (Å²) in [6.45, 7) is 1.86. The Hall–Kier alpha value is -3.73. The molecule has 0 spiro atoms. The fourth-order valence-corrected chi connectivity index (χ4v) is 3.97. The fraction of sp³-hybridized carbons (Fsp3) is 0.154. The first kappa shape index (κ1) is 20.5. The molecule has 4 rings (SSSR count). The smallest absolute Gasteiger partial charge is 0.294 e. The third kappa shape index (κ3) is 3.99. The number of halogens is 1. The quantitative estimate of drug-likeness (QED) is 0.599. The maximum absolute atomic E-state index is 13.6. The van der Waals surface area contributed by atoms with Gasteiger partial charge in [0.05, 0.1) is 11.6 Å². The van der Waals surface area contributed by atoms with Crippen LogP contribution in [0.15, 0.2) is 90.2 Å². The SMILES string of the molecule is Cc1ccccc1N1C(=O)C(O)=C(C(=O)CCc2ccccc2)C1c1ccc(F)cc1. The Morgan fingerprint density at radius 1 is 0.968 bits per heavy atom. The highest BCUT2D eigenvalue weighted by Crippen LogP contribution is 2.42. The number of aliphatic hydroxyl groups excluding tert-OH is 1. The Morgan fingerprint density at radius 3 is 2.29 bits per heavy atom. The number of aliphatic hydroxyl groups is 1. The molecule has 1 aliphatic rings. The highest BCUT2D eigenvalue weighted by atomic mass is 19.1. The molecule has 1 amide bonds. The topological polar surface area (TPSA) is 57.6 Å². The molecule has 1 N–H and O–H groups in total. The molecule has 0 radical (unpaired) electrons. The number of hydrogen-bond donors (Lipinski definition) is 1. The summed E-state index contributed by atoms with van der Waals surface area (Å²) < 4.78 is 13.6. The molecule has 5 heteroatoms. The third-order valence-corrected chi connectivity index (χ3v) is 5.55. The van der Waals surface area contributed by atoms with Crippen molar-refractivity contribution in [1.29, 1.82) is 0 Å². The number of benzene rings is 3. The van der Waals surface area contributed by atoms with Crippen LogP contribution in [0.4, 0.5) is 10.1 Å². The minimum Gasteiger partial charge on any atom is -0.503 e. The predicted octanol–water partition coefficient (Wildman–Crippen LogP) is 5.24. The van der Waals surface area contributed by atoms with Gasteiger partial charge in [0, 0.05) is 12.1 Å². The van der Waals surface area contributed by atoms with E-state index < -0.39 is 23.5 Å². The second-order valence-corrected chi connectivity index (χ2v) is 7.59. The van der Waals surface area contributed by atoms with Crippen LogP contribution in [-0.2, 0) is 16.0 Å². The van der Waals surface area contributed by atoms with Gasteiger partial charge in [-0.15, -0.1) is 0 Å². The number of carbonyl (C=O) groups is 2. The van der Waals surface area contributed by atoms with Crippen LogP contribution in [0.1, 0.15) is 29.2 Å². The largest absolute Gasteiger partial charge is 0.503 e. The van der Waals surface area contributed by atoms with E-state index in [0.717, 1.165) is 11.1 Å². The molecule has 0 saturated heterocycles. The molecule has 0 fully saturated rings. The van der Waals surface area contributed by atoms with Crippen LogP contribution in [-0.4, -0.2) is 16.8 Å². The van der Waals surface area contributed by atoms with E-state index in [1.807, 2.05) is 49.4 Å². The molecule has 1 unspecified atom stereocenters. The Balaban J connectivity index is 1.74. The number of hydrogen-bond acceptors (Lipinski definition) is 3. The molecule has 31 heavy (non-hydrogen) atoms. The lowest BCUT2D eigenvalue weighted by Crippen LogP contribution is -2.31. The number of para-hydroxylation sites is 1. The van der Waals surface area contributed by atoms with E-state index in [4.69, 9.17) is 0 Å². The van der Waals surface area contributed by atoms with Gasteiger partial charge in [0.15, 0.2) is 11.5 Å². The van der Waals surface area contributed by atoms with E-state index in [9.17, 15) is 19.1 Å². The third-order valence-electron chi connectivity index (χ3n) is 5.55. The van der Waals surface area contributed by atoms with Crippen LogP contribution in [0, 0.1) is 12.7 Å². The van der Waals surface area contributed by atoms with Crippen molar-refractivity contribution in [3.8, 4) is 0 Å². The highest BCUT2D eigenvalue weighted by Gasteiger charge is 2.44. The lowest BCUT2D eigenvalue weighted by Gasteiger charge is -2.28. The van der Waals surface area contributed by atoms with E-state index in [1.54, 1.807) is 24.3 Å². The molecule has 0 aliphatic carbocycles. The number of Topliss-reactive ketones (excluding diaryl/α,β-unsaturated/α-hetero) is 1. The lowest BCUT2D eigenvalue weighted by atomic mass is 9.93. The van der Waals surface area contributed by atoms with Crippen molar-refractivity contribution in [2.24, 2.45) is 0 Å². The maximum Gasteiger partial charge on any atom is 0.294 e. The first-order valence-electron chi connectivity index (χ1n) is 10.1. The van der Waals surface area contributed by atoms with Gasteiger partial charge in [-0.25, -0.2) is 4.39 Å². The van der Waals surface area contributed by atoms with E-state index in [1.165, 1.54) is 17.0 Å². The predicted molar refractivity (Wildman–Crippen MR) is 117 cm³/mol. The summed E-state index contributed by atoms with van der Waals surface area (Å²) in [5.41, 5.74) is 3.03. The molecule has 1 heterocycles. The zero-order valence-electron chi connectivity index (χ0n) is 17.1. The average Bonchev–Trinajstić information content (AvgIpc) is 3.04. The van der Waals surface area contributed by atoms with E-state index in [2.05, 4.69) is 0 Å². The number of amides is 1. The normalized spacial score (nSPS) is 16.1. The zero-order chi connectivity index (χ0) is 22.0. The van der Waals surface area contributed by atoms with Gasteiger partial charge in [-0.05, 0) is 48.2 Å². The standard InChI is InChI=1S/C26H22FNO3/c1-17-7-5-6-10-21(17)28-24(19-12-14-20(27)15-13-19)23(25(30)26(28)31)22(29)16-11-18-8-3-2-4-9-18/h2-10,12-15,24,30H,11,16H2,1H3. The monoisotopic (exact) mass is 415 g/mol. The van der Waals surface area contributed by atoms with E-state index in [0.29, 0.717) is 17.7 Å². The molecule has 0 aromatic heterocycles. The maximum atomic E-state index is 13.6. The van der Waals surface area contributed by atoms with Crippen molar-refractivity contribution in [2.45, 2.75) is 25.8 Å². The van der Waals surface area contributed by atoms with Crippen LogP contribution in [0.5, 0.6) is 0 Å². The summed E-state index contributed by atoms with van der Waals surface area (Å²) in [5, 5.41) is 10.7. The van der Waals surface area contributed by atoms with Crippen LogP contribution in [0.2, 0.25) is 0 Å². The van der Waals surface area contributed by atoms with Crippen molar-refractivity contribution < 1.29 is 19.1 Å². The van der Waals surface area contributed by atoms with Gasteiger partial charge in [0.1, 0.15) is 5.82 Å². The van der Waals surface area contributed by atoms with Gasteiger partial charge >= 0.3 is 0 Å². The van der Waals surface area contributed by atoms with Gasteiger partial charge in [-0.3, -0.25) is 14.5 Å². The number of ketones is 1. The Kier molecular flexibility index (Phi) is 5.67. The summed E-state index contributed by atoms with van der Waals surface area (Å²) >= 11 is 0. The summed E-state index contributed by atoms with van der Waals surface area (Å²) in [6, 6.07) is 21.7. The molecule has 0 saturated carbocycles. The first-order chi connectivity index (χ1) is 15.0. The first-order valence-corrected chi connectivity index (χ1v) is 10.1. The van der Waals surface area contributed by atoms with Gasteiger partial charge in [-0.2, -0.15) is 0 Å². The van der Waals surface area contributed by atoms with Gasteiger partial charge in [-0.1, -0.05) is 60.7 Å². The lowest BCUT2D eigenvalue weighted by molar-refractivity contribution is -0.118. The zero-order valence-corrected chi connectivity index (χ0v) is 17.1. The minimum atomic E-state index is -0.822. The van der Waals surface area contributed by atoms with Crippen molar-refractivity contribution in [2.75, 3.05) is 4.90 Å². The second kappa shape index (κ2) is 8.56. The van der Waals surface area contributed by atoms with Gasteiger partial charge in [0.25, 0.3) is 5.91 Å². The van der Waals surface area contributed by atoms with Crippen LogP contribution in [0.3, 0.4) is 0 Å². The summed E-state index contributed by atoms with van der Waals surface area (Å²) in [4.78, 5) is 27.7. The fourth-order valence-electron chi connectivity index (χ4n) is 3.97. The number of anilines is 1. The van der Waals surface area contributed by atoms with Gasteiger partial charge < -0.3 is 5.11 Å². The van der Waals surface area contributed by atoms with Gasteiger partial charge in [0.2, 0.25) is 0 Å². The number of nitrogens with zero attached hydrogens (tertiary/aromatic N) is 1. The van der Waals surface area contributed by atoms with Crippen molar-refractivity contribution in [3.63, 3.8) is 0 Å².